The molecular formula is C11H11BrN2O2. The Morgan fingerprint density at radius 3 is 2.69 bits per heavy atom. The average Bonchev–Trinajstić information content (AvgIpc) is 2.65. The molecule has 5 heteroatoms. The third kappa shape index (κ3) is 1.90. The fourth-order valence-electron chi connectivity index (χ4n) is 1.49. The molecule has 1 aromatic heterocycles. The lowest BCUT2D eigenvalue weighted by molar-refractivity contribution is 0.411. The van der Waals surface area contributed by atoms with Gasteiger partial charge >= 0.3 is 0 Å². The molecule has 0 saturated carbocycles. The molecule has 1 aromatic carbocycles. The second-order valence-electron chi connectivity index (χ2n) is 3.42. The molecule has 84 valence electrons. The lowest BCUT2D eigenvalue weighted by Gasteiger charge is -2.08. The highest BCUT2D eigenvalue weighted by atomic mass is 79.9. The van der Waals surface area contributed by atoms with Crippen LogP contribution in [-0.4, -0.2) is 12.3 Å². The van der Waals surface area contributed by atoms with Gasteiger partial charge in [-0.05, 0) is 24.6 Å². The van der Waals surface area contributed by atoms with Crippen LogP contribution in [0.4, 0.5) is 5.88 Å². The Morgan fingerprint density at radius 2 is 2.12 bits per heavy atom. The molecule has 0 saturated heterocycles. The van der Waals surface area contributed by atoms with Gasteiger partial charge in [-0.25, -0.2) is 0 Å². The maximum Gasteiger partial charge on any atom is 0.222 e. The van der Waals surface area contributed by atoms with Crippen molar-refractivity contribution in [3.8, 4) is 17.0 Å². The highest BCUT2D eigenvalue weighted by molar-refractivity contribution is 9.10. The number of anilines is 1. The summed E-state index contributed by atoms with van der Waals surface area (Å²) < 4.78 is 11.0. The Bertz CT molecular complexity index is 523. The van der Waals surface area contributed by atoms with Crippen LogP contribution in [0.3, 0.4) is 0 Å². The third-order valence-electron chi connectivity index (χ3n) is 2.29. The van der Waals surface area contributed by atoms with Crippen LogP contribution in [0.25, 0.3) is 11.3 Å². The predicted octanol–water partition coefficient (Wildman–Crippen LogP) is 3.00. The molecule has 0 fully saturated rings. The Labute approximate surface area is 102 Å². The van der Waals surface area contributed by atoms with Crippen molar-refractivity contribution in [3.05, 3.63) is 28.2 Å². The van der Waals surface area contributed by atoms with E-state index in [-0.39, 0.29) is 0 Å². The van der Waals surface area contributed by atoms with Crippen molar-refractivity contribution in [3.63, 3.8) is 0 Å². The summed E-state index contributed by atoms with van der Waals surface area (Å²) in [6.07, 6.45) is 0. The molecular weight excluding hydrogens is 272 g/mol. The van der Waals surface area contributed by atoms with Gasteiger partial charge in [0.25, 0.3) is 0 Å². The van der Waals surface area contributed by atoms with Crippen LogP contribution in [0, 0.1) is 6.92 Å². The number of nitrogens with zero attached hydrogens (tertiary/aromatic N) is 1. The summed E-state index contributed by atoms with van der Waals surface area (Å²) in [7, 11) is 1.64. The van der Waals surface area contributed by atoms with Crippen molar-refractivity contribution in [2.24, 2.45) is 0 Å². The summed E-state index contributed by atoms with van der Waals surface area (Å²) in [5.74, 6) is 1.10. The normalized spacial score (nSPS) is 10.4. The molecule has 4 nitrogen and oxygen atoms in total. The van der Waals surface area contributed by atoms with Crippen LogP contribution in [0.1, 0.15) is 5.56 Å². The van der Waals surface area contributed by atoms with Crippen molar-refractivity contribution in [2.45, 2.75) is 6.92 Å². The first kappa shape index (κ1) is 11.0. The van der Waals surface area contributed by atoms with Crippen LogP contribution in [0.15, 0.2) is 27.2 Å². The maximum absolute atomic E-state index is 5.49. The number of nitrogens with two attached hydrogens (primary N) is 1. The van der Waals surface area contributed by atoms with Gasteiger partial charge in [0.2, 0.25) is 5.88 Å². The summed E-state index contributed by atoms with van der Waals surface area (Å²) in [6, 6.07) is 5.55. The molecule has 0 spiro atoms. The zero-order valence-electron chi connectivity index (χ0n) is 8.95. The fraction of sp³-hybridized carbons (Fsp3) is 0.182. The highest BCUT2D eigenvalue weighted by Gasteiger charge is 2.11. The lowest BCUT2D eigenvalue weighted by atomic mass is 10.1. The zero-order valence-corrected chi connectivity index (χ0v) is 10.5. The van der Waals surface area contributed by atoms with Gasteiger partial charge < -0.3 is 15.0 Å². The van der Waals surface area contributed by atoms with E-state index in [0.717, 1.165) is 21.3 Å². The Hall–Kier alpha value is -1.49. The number of hydrogen-bond acceptors (Lipinski definition) is 4. The van der Waals surface area contributed by atoms with E-state index in [1.165, 1.54) is 0 Å². The van der Waals surface area contributed by atoms with Gasteiger partial charge in [0.15, 0.2) is 0 Å². The van der Waals surface area contributed by atoms with Gasteiger partial charge in [-0.2, -0.15) is 0 Å². The quantitative estimate of drug-likeness (QED) is 0.920. The number of ether oxygens (including phenoxy) is 1. The number of nitrogen functional groups attached to an aromatic ring is 1. The monoisotopic (exact) mass is 282 g/mol. The Morgan fingerprint density at radius 1 is 1.38 bits per heavy atom. The van der Waals surface area contributed by atoms with E-state index < -0.39 is 0 Å². The van der Waals surface area contributed by atoms with E-state index in [0.29, 0.717) is 11.6 Å². The Kier molecular flexibility index (Phi) is 2.87. The second kappa shape index (κ2) is 4.17. The van der Waals surface area contributed by atoms with Crippen molar-refractivity contribution in [2.75, 3.05) is 12.8 Å². The van der Waals surface area contributed by atoms with Crippen LogP contribution in [0.2, 0.25) is 0 Å². The van der Waals surface area contributed by atoms with Gasteiger partial charge in [0, 0.05) is 16.1 Å². The summed E-state index contributed by atoms with van der Waals surface area (Å²) in [6.45, 7) is 1.98. The van der Waals surface area contributed by atoms with Crippen molar-refractivity contribution < 1.29 is 9.26 Å². The molecule has 0 aliphatic rings. The summed E-state index contributed by atoms with van der Waals surface area (Å²) in [5, 5.41) is 3.87. The zero-order chi connectivity index (χ0) is 11.7. The molecule has 0 aliphatic heterocycles. The minimum Gasteiger partial charge on any atom is -0.496 e. The van der Waals surface area contributed by atoms with E-state index in [4.69, 9.17) is 15.0 Å². The maximum atomic E-state index is 5.49. The highest BCUT2D eigenvalue weighted by Crippen LogP contribution is 2.34. The molecule has 0 amide bonds. The summed E-state index contributed by atoms with van der Waals surface area (Å²) >= 11 is 3.48. The molecule has 0 bridgehead atoms. The number of hydrogen-bond donors (Lipinski definition) is 1. The van der Waals surface area contributed by atoms with Gasteiger partial charge in [0.05, 0.1) is 7.11 Å². The molecule has 16 heavy (non-hydrogen) atoms. The standard InChI is InChI=1S/C11H11BrN2O2/c1-6-3-8(12)7(4-10(6)15-2)9-5-11(13)16-14-9/h3-5H,13H2,1-2H3. The van der Waals surface area contributed by atoms with E-state index in [1.807, 2.05) is 19.1 Å². The lowest BCUT2D eigenvalue weighted by Crippen LogP contribution is -1.89. The number of rotatable bonds is 2. The number of aromatic nitrogens is 1. The SMILES string of the molecule is COc1cc(-c2cc(N)on2)c(Br)cc1C. The Balaban J connectivity index is 2.56. The summed E-state index contributed by atoms with van der Waals surface area (Å²) in [5.41, 5.74) is 8.12. The van der Waals surface area contributed by atoms with Gasteiger partial charge in [0.1, 0.15) is 11.4 Å². The first-order valence-corrected chi connectivity index (χ1v) is 5.48. The van der Waals surface area contributed by atoms with Gasteiger partial charge in [-0.15, -0.1) is 0 Å². The molecule has 0 radical (unpaired) electrons. The fourth-order valence-corrected chi connectivity index (χ4v) is 2.15. The third-order valence-corrected chi connectivity index (χ3v) is 2.94. The van der Waals surface area contributed by atoms with E-state index in [1.54, 1.807) is 13.2 Å². The molecule has 2 N–H and O–H groups in total. The summed E-state index contributed by atoms with van der Waals surface area (Å²) in [4.78, 5) is 0. The van der Waals surface area contributed by atoms with Crippen LogP contribution >= 0.6 is 15.9 Å². The minimum atomic E-state index is 0.293. The van der Waals surface area contributed by atoms with Crippen molar-refractivity contribution in [1.29, 1.82) is 0 Å². The predicted molar refractivity (Wildman–Crippen MR) is 65.3 cm³/mol. The van der Waals surface area contributed by atoms with Crippen LogP contribution in [0.5, 0.6) is 5.75 Å². The number of benzene rings is 1. The topological polar surface area (TPSA) is 61.3 Å². The molecule has 2 aromatic rings. The number of aryl methyl sites for hydroxylation is 1. The first-order chi connectivity index (χ1) is 7.61. The van der Waals surface area contributed by atoms with E-state index in [2.05, 4.69) is 21.1 Å². The largest absolute Gasteiger partial charge is 0.496 e. The van der Waals surface area contributed by atoms with E-state index >= 15 is 0 Å². The van der Waals surface area contributed by atoms with Crippen LogP contribution in [-0.2, 0) is 0 Å². The minimum absolute atomic E-state index is 0.293. The molecule has 0 atom stereocenters. The average molecular weight is 283 g/mol. The van der Waals surface area contributed by atoms with Crippen molar-refractivity contribution >= 4 is 21.8 Å². The van der Waals surface area contributed by atoms with Gasteiger partial charge in [-0.1, -0.05) is 21.1 Å². The molecule has 0 unspecified atom stereocenters. The van der Waals surface area contributed by atoms with Crippen molar-refractivity contribution in [1.82, 2.24) is 5.16 Å². The molecule has 1 heterocycles. The number of halogens is 1. The second-order valence-corrected chi connectivity index (χ2v) is 4.27. The molecule has 2 rings (SSSR count). The van der Waals surface area contributed by atoms with Crippen LogP contribution < -0.4 is 10.5 Å². The number of methoxy groups -OCH3 is 1. The first-order valence-electron chi connectivity index (χ1n) is 4.68. The van der Waals surface area contributed by atoms with E-state index in [9.17, 15) is 0 Å². The van der Waals surface area contributed by atoms with Gasteiger partial charge in [-0.3, -0.25) is 0 Å². The smallest absolute Gasteiger partial charge is 0.222 e. The molecule has 0 aliphatic carbocycles.